The van der Waals surface area contributed by atoms with Gasteiger partial charge < -0.3 is 10.6 Å². The lowest BCUT2D eigenvalue weighted by molar-refractivity contribution is 0.0779. The first-order chi connectivity index (χ1) is 10.1. The molecule has 0 fully saturated rings. The van der Waals surface area contributed by atoms with Crippen molar-refractivity contribution in [1.29, 1.82) is 0 Å². The molecule has 1 amide bonds. The number of carbonyl (C=O) groups is 1. The van der Waals surface area contributed by atoms with E-state index in [1.54, 1.807) is 30.1 Å². The summed E-state index contributed by atoms with van der Waals surface area (Å²) in [5.74, 6) is 0.169. The Morgan fingerprint density at radius 1 is 1.24 bits per heavy atom. The number of carbonyl (C=O) groups excluding carboxylic acids is 1. The van der Waals surface area contributed by atoms with Crippen molar-refractivity contribution in [1.82, 2.24) is 18.6 Å². The number of nitrogens with two attached hydrogens (primary N) is 1. The number of benzene rings is 1. The highest BCUT2D eigenvalue weighted by Crippen LogP contribution is 2.15. The molecule has 7 heteroatoms. The predicted molar refractivity (Wildman–Crippen MR) is 81.9 cm³/mol. The van der Waals surface area contributed by atoms with E-state index in [2.05, 4.69) is 13.7 Å². The lowest BCUT2D eigenvalue weighted by atomic mass is 10.2. The Hall–Kier alpha value is -2.54. The molecule has 0 aliphatic rings. The number of hydrogen-bond donors (Lipinski definition) is 1. The number of nitrogen functional groups attached to an aromatic ring is 1. The number of amides is 1. The standard InChI is InChI=1S/C14H13N5OS/c1-19(14(20)11-3-2-4-13(15)16-11)8-9-5-6-10-12(7-9)18-21-17-10/h2-7H,8H2,1H3,(H2,15,16). The average molecular weight is 299 g/mol. The molecular formula is C14H13N5OS. The molecule has 3 rings (SSSR count). The number of pyridine rings is 1. The molecule has 1 aromatic carbocycles. The summed E-state index contributed by atoms with van der Waals surface area (Å²) in [5.41, 5.74) is 8.66. The molecule has 0 aliphatic heterocycles. The molecule has 21 heavy (non-hydrogen) atoms. The summed E-state index contributed by atoms with van der Waals surface area (Å²) in [6, 6.07) is 10.8. The van der Waals surface area contributed by atoms with Crippen LogP contribution in [0, 0.1) is 0 Å². The molecule has 3 aromatic rings. The second kappa shape index (κ2) is 5.45. The quantitative estimate of drug-likeness (QED) is 0.799. The minimum Gasteiger partial charge on any atom is -0.384 e. The van der Waals surface area contributed by atoms with E-state index in [9.17, 15) is 4.79 Å². The maximum absolute atomic E-state index is 12.3. The summed E-state index contributed by atoms with van der Waals surface area (Å²) in [6.45, 7) is 0.475. The molecule has 0 spiro atoms. The van der Waals surface area contributed by atoms with Gasteiger partial charge in [0, 0.05) is 13.6 Å². The second-order valence-corrected chi connectivity index (χ2v) is 5.22. The number of fused-ring (bicyclic) bond motifs is 1. The van der Waals surface area contributed by atoms with E-state index in [0.717, 1.165) is 16.6 Å². The topological polar surface area (TPSA) is 85.0 Å². The molecule has 0 radical (unpaired) electrons. The Balaban J connectivity index is 1.78. The van der Waals surface area contributed by atoms with Gasteiger partial charge in [-0.05, 0) is 29.8 Å². The van der Waals surface area contributed by atoms with Gasteiger partial charge >= 0.3 is 0 Å². The summed E-state index contributed by atoms with van der Waals surface area (Å²) in [6.07, 6.45) is 0. The molecule has 106 valence electrons. The van der Waals surface area contributed by atoms with Crippen molar-refractivity contribution in [2.24, 2.45) is 0 Å². The van der Waals surface area contributed by atoms with Crippen LogP contribution >= 0.6 is 11.7 Å². The van der Waals surface area contributed by atoms with E-state index in [-0.39, 0.29) is 5.91 Å². The van der Waals surface area contributed by atoms with Crippen LogP contribution in [0.1, 0.15) is 16.1 Å². The zero-order valence-corrected chi connectivity index (χ0v) is 12.2. The van der Waals surface area contributed by atoms with Crippen molar-refractivity contribution in [2.45, 2.75) is 6.54 Å². The lowest BCUT2D eigenvalue weighted by Crippen LogP contribution is -2.27. The van der Waals surface area contributed by atoms with Crippen LogP contribution in [0.3, 0.4) is 0 Å². The van der Waals surface area contributed by atoms with Gasteiger partial charge in [0.25, 0.3) is 5.91 Å². The number of aromatic nitrogens is 3. The zero-order chi connectivity index (χ0) is 14.8. The Morgan fingerprint density at radius 2 is 2.05 bits per heavy atom. The summed E-state index contributed by atoms with van der Waals surface area (Å²) < 4.78 is 8.36. The fraction of sp³-hybridized carbons (Fsp3) is 0.143. The average Bonchev–Trinajstić information content (AvgIpc) is 2.94. The van der Waals surface area contributed by atoms with Gasteiger partial charge in [-0.3, -0.25) is 4.79 Å². The molecule has 0 unspecified atom stereocenters. The van der Waals surface area contributed by atoms with Crippen molar-refractivity contribution < 1.29 is 4.79 Å². The largest absolute Gasteiger partial charge is 0.384 e. The molecule has 2 heterocycles. The Kier molecular flexibility index (Phi) is 3.49. The van der Waals surface area contributed by atoms with E-state index in [1.807, 2.05) is 18.2 Å². The minimum atomic E-state index is -0.168. The van der Waals surface area contributed by atoms with Crippen LogP contribution in [0.15, 0.2) is 36.4 Å². The van der Waals surface area contributed by atoms with Gasteiger partial charge in [0.2, 0.25) is 0 Å². The van der Waals surface area contributed by atoms with Crippen molar-refractivity contribution in [3.05, 3.63) is 47.7 Å². The number of hydrogen-bond acceptors (Lipinski definition) is 6. The number of nitrogens with zero attached hydrogens (tertiary/aromatic N) is 4. The third-order valence-electron chi connectivity index (χ3n) is 3.07. The van der Waals surface area contributed by atoms with Crippen molar-refractivity contribution >= 4 is 34.5 Å². The SMILES string of the molecule is CN(Cc1ccc2nsnc2c1)C(=O)c1cccc(N)n1. The number of rotatable bonds is 3. The van der Waals surface area contributed by atoms with Crippen LogP contribution < -0.4 is 5.73 Å². The van der Waals surface area contributed by atoms with Gasteiger partial charge in [0.05, 0.1) is 11.7 Å². The monoisotopic (exact) mass is 299 g/mol. The molecular weight excluding hydrogens is 286 g/mol. The van der Waals surface area contributed by atoms with Gasteiger partial charge in [-0.25, -0.2) is 4.98 Å². The molecule has 6 nitrogen and oxygen atoms in total. The smallest absolute Gasteiger partial charge is 0.272 e. The highest BCUT2D eigenvalue weighted by Gasteiger charge is 2.14. The first-order valence-corrected chi connectivity index (χ1v) is 7.06. The van der Waals surface area contributed by atoms with Gasteiger partial charge in [-0.15, -0.1) is 0 Å². The Morgan fingerprint density at radius 3 is 2.86 bits per heavy atom. The van der Waals surface area contributed by atoms with Gasteiger partial charge in [-0.1, -0.05) is 12.1 Å². The van der Waals surface area contributed by atoms with E-state index in [1.165, 1.54) is 11.7 Å². The number of anilines is 1. The van der Waals surface area contributed by atoms with E-state index >= 15 is 0 Å². The summed E-state index contributed by atoms with van der Waals surface area (Å²) in [4.78, 5) is 17.9. The van der Waals surface area contributed by atoms with Crippen LogP contribution in [-0.2, 0) is 6.54 Å². The fourth-order valence-corrected chi connectivity index (χ4v) is 2.56. The van der Waals surface area contributed by atoms with Gasteiger partial charge in [0.15, 0.2) is 0 Å². The highest BCUT2D eigenvalue weighted by molar-refractivity contribution is 7.00. The maximum Gasteiger partial charge on any atom is 0.272 e. The summed E-state index contributed by atoms with van der Waals surface area (Å²) >= 11 is 1.18. The minimum absolute atomic E-state index is 0.168. The zero-order valence-electron chi connectivity index (χ0n) is 11.4. The predicted octanol–water partition coefficient (Wildman–Crippen LogP) is 1.94. The van der Waals surface area contributed by atoms with Crippen molar-refractivity contribution in [3.63, 3.8) is 0 Å². The van der Waals surface area contributed by atoms with Gasteiger partial charge in [0.1, 0.15) is 22.5 Å². The van der Waals surface area contributed by atoms with E-state index in [4.69, 9.17) is 5.73 Å². The molecule has 2 N–H and O–H groups in total. The summed E-state index contributed by atoms with van der Waals surface area (Å²) in [5, 5.41) is 0. The van der Waals surface area contributed by atoms with E-state index in [0.29, 0.717) is 18.1 Å². The van der Waals surface area contributed by atoms with E-state index < -0.39 is 0 Å². The third kappa shape index (κ3) is 2.82. The fourth-order valence-electron chi connectivity index (χ4n) is 2.04. The Labute approximate surface area is 125 Å². The highest BCUT2D eigenvalue weighted by atomic mass is 32.1. The molecule has 0 bridgehead atoms. The van der Waals surface area contributed by atoms with Crippen molar-refractivity contribution in [3.8, 4) is 0 Å². The van der Waals surface area contributed by atoms with Crippen LogP contribution in [0.2, 0.25) is 0 Å². The van der Waals surface area contributed by atoms with Crippen LogP contribution in [0.4, 0.5) is 5.82 Å². The second-order valence-electron chi connectivity index (χ2n) is 4.70. The normalized spacial score (nSPS) is 10.7. The Bertz CT molecular complexity index is 801. The molecule has 0 aliphatic carbocycles. The molecule has 0 atom stereocenters. The molecule has 2 aromatic heterocycles. The van der Waals surface area contributed by atoms with Crippen molar-refractivity contribution in [2.75, 3.05) is 12.8 Å². The first kappa shape index (κ1) is 13.4. The lowest BCUT2D eigenvalue weighted by Gasteiger charge is -2.16. The van der Waals surface area contributed by atoms with Gasteiger partial charge in [-0.2, -0.15) is 8.75 Å². The first-order valence-electron chi connectivity index (χ1n) is 6.33. The maximum atomic E-state index is 12.3. The van der Waals surface area contributed by atoms with Crippen LogP contribution in [0.25, 0.3) is 11.0 Å². The third-order valence-corrected chi connectivity index (χ3v) is 3.63. The molecule has 0 saturated carbocycles. The summed E-state index contributed by atoms with van der Waals surface area (Å²) in [7, 11) is 1.73. The molecule has 0 saturated heterocycles. The van der Waals surface area contributed by atoms with Crippen LogP contribution in [-0.4, -0.2) is 31.6 Å². The van der Waals surface area contributed by atoms with Crippen LogP contribution in [0.5, 0.6) is 0 Å².